The van der Waals surface area contributed by atoms with Crippen LogP contribution >= 0.6 is 11.8 Å². The first-order chi connectivity index (χ1) is 7.88. The molecule has 0 atom stereocenters. The number of halogens is 3. The van der Waals surface area contributed by atoms with Gasteiger partial charge in [-0.3, -0.25) is 0 Å². The number of alkyl halides is 3. The zero-order valence-electron chi connectivity index (χ0n) is 8.36. The molecule has 94 valence electrons. The molecule has 1 rings (SSSR count). The topological polar surface area (TPSA) is 75.1 Å². The largest absolute Gasteiger partial charge is 0.476 e. The molecule has 0 aliphatic heterocycles. The molecule has 0 radical (unpaired) electrons. The number of carboxylic acids is 1. The first-order valence-electron chi connectivity index (χ1n) is 4.38. The van der Waals surface area contributed by atoms with Gasteiger partial charge in [0.2, 0.25) is 0 Å². The van der Waals surface area contributed by atoms with Crippen molar-refractivity contribution in [2.75, 3.05) is 17.6 Å². The van der Waals surface area contributed by atoms with Gasteiger partial charge in [-0.1, -0.05) is 0 Å². The maximum atomic E-state index is 11.8. The van der Waals surface area contributed by atoms with Crippen molar-refractivity contribution in [3.8, 4) is 0 Å². The average Bonchev–Trinajstić information content (AvgIpc) is 2.24. The second-order valence-electron chi connectivity index (χ2n) is 2.81. The third-order valence-corrected chi connectivity index (χ3v) is 2.28. The predicted octanol–water partition coefficient (Wildman–Crippen LogP) is 1.84. The molecule has 17 heavy (non-hydrogen) atoms. The second-order valence-corrected chi connectivity index (χ2v) is 3.97. The van der Waals surface area contributed by atoms with Gasteiger partial charge in [-0.25, -0.2) is 14.8 Å². The van der Waals surface area contributed by atoms with Crippen molar-refractivity contribution >= 4 is 23.5 Å². The molecule has 0 bridgehead atoms. The maximum absolute atomic E-state index is 11.8. The summed E-state index contributed by atoms with van der Waals surface area (Å²) >= 11 is -0.144. The summed E-state index contributed by atoms with van der Waals surface area (Å²) in [6, 6.07) is 0. The Kier molecular flexibility index (Phi) is 4.55. The first-order valence-corrected chi connectivity index (χ1v) is 5.37. The Morgan fingerprint density at radius 1 is 1.41 bits per heavy atom. The van der Waals surface area contributed by atoms with E-state index in [-0.39, 0.29) is 35.6 Å². The number of carbonyl (C=O) groups is 1. The van der Waals surface area contributed by atoms with Crippen LogP contribution < -0.4 is 5.32 Å². The molecule has 0 amide bonds. The Bertz CT molecular complexity index is 383. The monoisotopic (exact) mass is 267 g/mol. The van der Waals surface area contributed by atoms with E-state index in [1.165, 1.54) is 0 Å². The van der Waals surface area contributed by atoms with E-state index >= 15 is 0 Å². The standard InChI is InChI=1S/C8H8F3N3O2S/c9-8(10,11)17-2-1-12-6-4-13-5(3-14-6)7(15)16/h3-4H,1-2H2,(H,12,14)(H,15,16). The second kappa shape index (κ2) is 5.71. The third kappa shape index (κ3) is 5.38. The van der Waals surface area contributed by atoms with E-state index < -0.39 is 11.5 Å². The minimum atomic E-state index is -4.25. The number of thioether (sulfide) groups is 1. The molecule has 9 heteroatoms. The van der Waals surface area contributed by atoms with Crippen LogP contribution in [0, 0.1) is 0 Å². The van der Waals surface area contributed by atoms with Gasteiger partial charge in [-0.2, -0.15) is 13.2 Å². The van der Waals surface area contributed by atoms with Crippen LogP contribution in [-0.2, 0) is 0 Å². The smallest absolute Gasteiger partial charge is 0.441 e. The molecule has 1 aromatic heterocycles. The number of nitrogens with one attached hydrogen (secondary N) is 1. The lowest BCUT2D eigenvalue weighted by Crippen LogP contribution is -2.11. The fourth-order valence-electron chi connectivity index (χ4n) is 0.876. The molecule has 5 nitrogen and oxygen atoms in total. The molecule has 0 saturated carbocycles. The van der Waals surface area contributed by atoms with Crippen LogP contribution in [0.2, 0.25) is 0 Å². The van der Waals surface area contributed by atoms with Crippen molar-refractivity contribution < 1.29 is 23.1 Å². The number of aromatic nitrogens is 2. The Labute approximate surface area is 98.5 Å². The van der Waals surface area contributed by atoms with Crippen LogP contribution in [0.5, 0.6) is 0 Å². The first kappa shape index (κ1) is 13.6. The molecular formula is C8H8F3N3O2S. The van der Waals surface area contributed by atoms with Gasteiger partial charge in [0.1, 0.15) is 5.82 Å². The summed E-state index contributed by atoms with van der Waals surface area (Å²) in [5, 5.41) is 11.1. The zero-order valence-corrected chi connectivity index (χ0v) is 9.18. The molecule has 2 N–H and O–H groups in total. The van der Waals surface area contributed by atoms with Gasteiger partial charge in [0.15, 0.2) is 5.69 Å². The summed E-state index contributed by atoms with van der Waals surface area (Å²) < 4.78 is 35.3. The van der Waals surface area contributed by atoms with E-state index in [1.807, 2.05) is 0 Å². The molecule has 0 spiro atoms. The number of nitrogens with zero attached hydrogens (tertiary/aromatic N) is 2. The van der Waals surface area contributed by atoms with Crippen LogP contribution in [0.4, 0.5) is 19.0 Å². The Morgan fingerprint density at radius 3 is 2.59 bits per heavy atom. The van der Waals surface area contributed by atoms with Crippen molar-refractivity contribution in [2.24, 2.45) is 0 Å². The van der Waals surface area contributed by atoms with Crippen LogP contribution in [-0.4, -0.2) is 38.8 Å². The van der Waals surface area contributed by atoms with Crippen LogP contribution in [0.25, 0.3) is 0 Å². The van der Waals surface area contributed by atoms with Crippen LogP contribution in [0.3, 0.4) is 0 Å². The van der Waals surface area contributed by atoms with Crippen molar-refractivity contribution in [3.63, 3.8) is 0 Å². The van der Waals surface area contributed by atoms with E-state index in [4.69, 9.17) is 5.11 Å². The SMILES string of the molecule is O=C(O)c1cnc(NCCSC(F)(F)F)cn1. The number of anilines is 1. The molecule has 0 unspecified atom stereocenters. The summed E-state index contributed by atoms with van der Waals surface area (Å²) in [4.78, 5) is 17.7. The number of hydrogen-bond donors (Lipinski definition) is 2. The van der Waals surface area contributed by atoms with Crippen molar-refractivity contribution in [2.45, 2.75) is 5.51 Å². The van der Waals surface area contributed by atoms with Gasteiger partial charge in [0, 0.05) is 12.3 Å². The zero-order chi connectivity index (χ0) is 12.9. The minimum Gasteiger partial charge on any atom is -0.476 e. The highest BCUT2D eigenvalue weighted by Gasteiger charge is 2.27. The Hall–Kier alpha value is -1.51. The number of hydrogen-bond acceptors (Lipinski definition) is 5. The lowest BCUT2D eigenvalue weighted by atomic mass is 10.4. The highest BCUT2D eigenvalue weighted by atomic mass is 32.2. The highest BCUT2D eigenvalue weighted by Crippen LogP contribution is 2.29. The van der Waals surface area contributed by atoms with E-state index in [0.29, 0.717) is 0 Å². The molecule has 1 heterocycles. The summed E-state index contributed by atoms with van der Waals surface area (Å²) in [5.74, 6) is -1.14. The predicted molar refractivity (Wildman–Crippen MR) is 56.0 cm³/mol. The maximum Gasteiger partial charge on any atom is 0.441 e. The van der Waals surface area contributed by atoms with Crippen molar-refractivity contribution in [1.29, 1.82) is 0 Å². The summed E-state index contributed by atoms with van der Waals surface area (Å²) in [6.45, 7) is 0.0608. The third-order valence-electron chi connectivity index (χ3n) is 1.54. The van der Waals surface area contributed by atoms with Gasteiger partial charge in [0.05, 0.1) is 12.4 Å². The van der Waals surface area contributed by atoms with Gasteiger partial charge in [-0.15, -0.1) is 0 Å². The van der Waals surface area contributed by atoms with Crippen molar-refractivity contribution in [1.82, 2.24) is 9.97 Å². The van der Waals surface area contributed by atoms with Crippen LogP contribution in [0.1, 0.15) is 10.5 Å². The van der Waals surface area contributed by atoms with Crippen LogP contribution in [0.15, 0.2) is 12.4 Å². The lowest BCUT2D eigenvalue weighted by molar-refractivity contribution is -0.0327. The Balaban J connectivity index is 2.35. The lowest BCUT2D eigenvalue weighted by Gasteiger charge is -2.06. The molecule has 1 aromatic rings. The van der Waals surface area contributed by atoms with Crippen molar-refractivity contribution in [3.05, 3.63) is 18.1 Å². The molecule has 0 aliphatic rings. The molecule has 0 saturated heterocycles. The minimum absolute atomic E-state index is 0.0608. The number of aromatic carboxylic acids is 1. The summed E-state index contributed by atoms with van der Waals surface area (Å²) in [5.41, 5.74) is -4.47. The highest BCUT2D eigenvalue weighted by molar-refractivity contribution is 8.00. The fourth-order valence-corrected chi connectivity index (χ4v) is 1.31. The average molecular weight is 267 g/mol. The van der Waals surface area contributed by atoms with Gasteiger partial charge in [0.25, 0.3) is 0 Å². The van der Waals surface area contributed by atoms with E-state index in [9.17, 15) is 18.0 Å². The summed E-state index contributed by atoms with van der Waals surface area (Å²) in [7, 11) is 0. The molecule has 0 aliphatic carbocycles. The summed E-state index contributed by atoms with van der Waals surface area (Å²) in [6.07, 6.45) is 2.18. The normalized spacial score (nSPS) is 11.2. The van der Waals surface area contributed by atoms with E-state index in [0.717, 1.165) is 12.4 Å². The quantitative estimate of drug-likeness (QED) is 0.793. The fraction of sp³-hybridized carbons (Fsp3) is 0.375. The van der Waals surface area contributed by atoms with Gasteiger partial charge in [-0.05, 0) is 11.8 Å². The molecular weight excluding hydrogens is 259 g/mol. The van der Waals surface area contributed by atoms with Gasteiger partial charge < -0.3 is 10.4 Å². The molecule has 0 fully saturated rings. The van der Waals surface area contributed by atoms with Gasteiger partial charge >= 0.3 is 11.5 Å². The number of carboxylic acid groups (broad SMARTS) is 1. The Morgan fingerprint density at radius 2 is 2.12 bits per heavy atom. The molecule has 0 aromatic carbocycles. The van der Waals surface area contributed by atoms with E-state index in [2.05, 4.69) is 15.3 Å². The number of rotatable bonds is 5. The van der Waals surface area contributed by atoms with E-state index in [1.54, 1.807) is 0 Å².